The quantitative estimate of drug-likeness (QED) is 0.584. The average molecular weight is 230 g/mol. The number of rotatable bonds is 9. The Bertz CT molecular complexity index is 184. The molecule has 96 valence electrons. The van der Waals surface area contributed by atoms with Gasteiger partial charge in [-0.1, -0.05) is 13.8 Å². The molecule has 0 saturated heterocycles. The van der Waals surface area contributed by atoms with Gasteiger partial charge in [0.25, 0.3) is 0 Å². The van der Waals surface area contributed by atoms with Crippen LogP contribution in [0.1, 0.15) is 34.1 Å². The van der Waals surface area contributed by atoms with Gasteiger partial charge >= 0.3 is 0 Å². The normalized spacial score (nSPS) is 12.8. The van der Waals surface area contributed by atoms with E-state index in [1.54, 1.807) is 0 Å². The summed E-state index contributed by atoms with van der Waals surface area (Å²) in [5, 5.41) is 6.03. The Morgan fingerprint density at radius 1 is 1.25 bits per heavy atom. The van der Waals surface area contributed by atoms with Crippen molar-refractivity contribution in [3.05, 3.63) is 0 Å². The third kappa shape index (κ3) is 8.68. The third-order valence-corrected chi connectivity index (χ3v) is 2.32. The van der Waals surface area contributed by atoms with E-state index >= 15 is 0 Å². The minimum Gasteiger partial charge on any atom is -0.380 e. The number of nitrogens with one attached hydrogen (secondary N) is 2. The van der Waals surface area contributed by atoms with E-state index in [1.165, 1.54) is 0 Å². The highest BCUT2D eigenvalue weighted by atomic mass is 16.5. The molecule has 0 heterocycles. The fraction of sp³-hybridized carbons (Fsp3) is 0.917. The average Bonchev–Trinajstić information content (AvgIpc) is 2.23. The van der Waals surface area contributed by atoms with Crippen molar-refractivity contribution in [2.75, 3.05) is 26.3 Å². The molecular formula is C12H26N2O2. The lowest BCUT2D eigenvalue weighted by atomic mass is 10.1. The van der Waals surface area contributed by atoms with Crippen LogP contribution < -0.4 is 10.6 Å². The minimum absolute atomic E-state index is 0.0668. The van der Waals surface area contributed by atoms with Crippen LogP contribution in [0.15, 0.2) is 0 Å². The maximum absolute atomic E-state index is 11.6. The largest absolute Gasteiger partial charge is 0.380 e. The van der Waals surface area contributed by atoms with Gasteiger partial charge < -0.3 is 15.4 Å². The second kappa shape index (κ2) is 9.60. The molecule has 1 atom stereocenters. The van der Waals surface area contributed by atoms with Gasteiger partial charge in [-0.15, -0.1) is 0 Å². The molecule has 0 fully saturated rings. The second-order valence-electron chi connectivity index (χ2n) is 4.35. The molecule has 4 nitrogen and oxygen atoms in total. The smallest absolute Gasteiger partial charge is 0.236 e. The monoisotopic (exact) mass is 230 g/mol. The highest BCUT2D eigenvalue weighted by Gasteiger charge is 2.10. The van der Waals surface area contributed by atoms with E-state index < -0.39 is 0 Å². The van der Waals surface area contributed by atoms with Gasteiger partial charge in [0.15, 0.2) is 0 Å². The first-order valence-corrected chi connectivity index (χ1v) is 6.16. The predicted octanol–water partition coefficient (Wildman–Crippen LogP) is 1.16. The van der Waals surface area contributed by atoms with Crippen LogP contribution in [0, 0.1) is 5.92 Å². The Morgan fingerprint density at radius 3 is 2.50 bits per heavy atom. The van der Waals surface area contributed by atoms with Crippen LogP contribution in [0.25, 0.3) is 0 Å². The maximum Gasteiger partial charge on any atom is 0.236 e. The molecule has 0 aromatic carbocycles. The maximum atomic E-state index is 11.6. The third-order valence-electron chi connectivity index (χ3n) is 2.32. The fourth-order valence-corrected chi connectivity index (χ4v) is 1.22. The molecule has 1 amide bonds. The van der Waals surface area contributed by atoms with E-state index in [0.29, 0.717) is 19.1 Å². The van der Waals surface area contributed by atoms with Crippen molar-refractivity contribution in [3.8, 4) is 0 Å². The van der Waals surface area contributed by atoms with Crippen LogP contribution >= 0.6 is 0 Å². The molecule has 0 radical (unpaired) electrons. The number of carbonyl (C=O) groups excluding carboxylic acids is 1. The van der Waals surface area contributed by atoms with Gasteiger partial charge in [-0.3, -0.25) is 4.79 Å². The molecule has 4 heteroatoms. The van der Waals surface area contributed by atoms with Crippen molar-refractivity contribution in [1.29, 1.82) is 0 Å². The van der Waals surface area contributed by atoms with Crippen molar-refractivity contribution in [3.63, 3.8) is 0 Å². The lowest BCUT2D eigenvalue weighted by molar-refractivity contribution is -0.122. The Kier molecular flexibility index (Phi) is 9.24. The summed E-state index contributed by atoms with van der Waals surface area (Å²) in [6, 6.07) is -0.146. The van der Waals surface area contributed by atoms with E-state index in [4.69, 9.17) is 4.74 Å². The number of hydrogen-bond donors (Lipinski definition) is 2. The Labute approximate surface area is 99.1 Å². The number of amides is 1. The van der Waals surface area contributed by atoms with Crippen molar-refractivity contribution in [2.24, 2.45) is 5.92 Å². The van der Waals surface area contributed by atoms with Crippen LogP contribution in [0.2, 0.25) is 0 Å². The number of ether oxygens (including phenoxy) is 1. The summed E-state index contributed by atoms with van der Waals surface area (Å²) in [4.78, 5) is 11.6. The molecule has 0 bridgehead atoms. The van der Waals surface area contributed by atoms with Crippen LogP contribution in [-0.2, 0) is 9.53 Å². The first-order valence-electron chi connectivity index (χ1n) is 6.16. The molecule has 0 aliphatic heterocycles. The molecular weight excluding hydrogens is 204 g/mol. The first kappa shape index (κ1) is 15.4. The van der Waals surface area contributed by atoms with Gasteiger partial charge in [0.05, 0.1) is 12.6 Å². The second-order valence-corrected chi connectivity index (χ2v) is 4.35. The molecule has 0 spiro atoms. The molecule has 2 N–H and O–H groups in total. The Balaban J connectivity index is 3.49. The highest BCUT2D eigenvalue weighted by molar-refractivity contribution is 5.81. The standard InChI is InChI=1S/C12H26N2O2/c1-5-16-9-8-13-11(4)12(15)14-7-6-10(2)3/h10-11,13H,5-9H2,1-4H3,(H,14,15). The van der Waals surface area contributed by atoms with E-state index in [0.717, 1.165) is 19.6 Å². The minimum atomic E-state index is -0.146. The molecule has 0 aliphatic carbocycles. The van der Waals surface area contributed by atoms with Gasteiger partial charge in [-0.25, -0.2) is 0 Å². The summed E-state index contributed by atoms with van der Waals surface area (Å²) in [6.45, 7) is 11.0. The molecule has 0 aliphatic rings. The Hall–Kier alpha value is -0.610. The summed E-state index contributed by atoms with van der Waals surface area (Å²) in [6.07, 6.45) is 1.03. The summed E-state index contributed by atoms with van der Waals surface area (Å²) in [7, 11) is 0. The summed E-state index contributed by atoms with van der Waals surface area (Å²) >= 11 is 0. The van der Waals surface area contributed by atoms with E-state index in [9.17, 15) is 4.79 Å². The lowest BCUT2D eigenvalue weighted by Crippen LogP contribution is -2.43. The summed E-state index contributed by atoms with van der Waals surface area (Å²) < 4.78 is 5.18. The van der Waals surface area contributed by atoms with E-state index in [1.807, 2.05) is 13.8 Å². The molecule has 0 aromatic heterocycles. The van der Waals surface area contributed by atoms with Crippen molar-refractivity contribution in [2.45, 2.75) is 40.2 Å². The molecule has 16 heavy (non-hydrogen) atoms. The first-order chi connectivity index (χ1) is 7.57. The zero-order chi connectivity index (χ0) is 12.4. The zero-order valence-corrected chi connectivity index (χ0v) is 11.0. The number of carbonyl (C=O) groups is 1. The van der Waals surface area contributed by atoms with E-state index in [-0.39, 0.29) is 11.9 Å². The highest BCUT2D eigenvalue weighted by Crippen LogP contribution is 1.96. The zero-order valence-electron chi connectivity index (χ0n) is 11.0. The van der Waals surface area contributed by atoms with Gasteiger partial charge in [-0.05, 0) is 26.2 Å². The fourth-order valence-electron chi connectivity index (χ4n) is 1.22. The SMILES string of the molecule is CCOCCNC(C)C(=O)NCCC(C)C. The lowest BCUT2D eigenvalue weighted by Gasteiger charge is -2.14. The van der Waals surface area contributed by atoms with Gasteiger partial charge in [0.2, 0.25) is 5.91 Å². The van der Waals surface area contributed by atoms with Crippen molar-refractivity contribution >= 4 is 5.91 Å². The Morgan fingerprint density at radius 2 is 1.94 bits per heavy atom. The van der Waals surface area contributed by atoms with Gasteiger partial charge in [0, 0.05) is 19.7 Å². The van der Waals surface area contributed by atoms with Crippen molar-refractivity contribution in [1.82, 2.24) is 10.6 Å². The summed E-state index contributed by atoms with van der Waals surface area (Å²) in [5.41, 5.74) is 0. The van der Waals surface area contributed by atoms with Crippen molar-refractivity contribution < 1.29 is 9.53 Å². The van der Waals surface area contributed by atoms with Crippen LogP contribution in [0.4, 0.5) is 0 Å². The van der Waals surface area contributed by atoms with Crippen LogP contribution in [0.5, 0.6) is 0 Å². The van der Waals surface area contributed by atoms with Crippen LogP contribution in [0.3, 0.4) is 0 Å². The summed E-state index contributed by atoms with van der Waals surface area (Å²) in [5.74, 6) is 0.693. The predicted molar refractivity (Wildman–Crippen MR) is 66.4 cm³/mol. The molecule has 0 aromatic rings. The van der Waals surface area contributed by atoms with Gasteiger partial charge in [0.1, 0.15) is 0 Å². The number of hydrogen-bond acceptors (Lipinski definition) is 3. The van der Waals surface area contributed by atoms with Gasteiger partial charge in [-0.2, -0.15) is 0 Å². The molecule has 1 unspecified atom stereocenters. The van der Waals surface area contributed by atoms with Crippen LogP contribution in [-0.4, -0.2) is 38.3 Å². The van der Waals surface area contributed by atoms with E-state index in [2.05, 4.69) is 24.5 Å². The molecule has 0 rings (SSSR count). The topological polar surface area (TPSA) is 50.4 Å². The molecule has 0 saturated carbocycles.